The summed E-state index contributed by atoms with van der Waals surface area (Å²) >= 11 is 1.54. The largest absolute Gasteiger partial charge is 0.387 e. The molecular formula is C10H22N2O2S. The minimum atomic E-state index is -0.869. The Balaban J connectivity index is 4.00. The Hall–Kier alpha value is -0.260. The second-order valence-electron chi connectivity index (χ2n) is 4.42. The lowest BCUT2D eigenvalue weighted by Crippen LogP contribution is -2.49. The summed E-state index contributed by atoms with van der Waals surface area (Å²) in [5, 5.41) is 12.5. The van der Waals surface area contributed by atoms with Gasteiger partial charge in [-0.25, -0.2) is 0 Å². The Morgan fingerprint density at radius 3 is 2.53 bits per heavy atom. The van der Waals surface area contributed by atoms with Crippen LogP contribution in [0.25, 0.3) is 0 Å². The molecular weight excluding hydrogens is 212 g/mol. The van der Waals surface area contributed by atoms with E-state index in [0.717, 1.165) is 0 Å². The van der Waals surface area contributed by atoms with Gasteiger partial charge in [0.1, 0.15) is 0 Å². The highest BCUT2D eigenvalue weighted by atomic mass is 32.2. The van der Waals surface area contributed by atoms with Crippen molar-refractivity contribution in [2.75, 3.05) is 18.6 Å². The molecule has 0 radical (unpaired) electrons. The van der Waals surface area contributed by atoms with E-state index in [1.165, 1.54) is 0 Å². The van der Waals surface area contributed by atoms with Gasteiger partial charge in [0.15, 0.2) is 0 Å². The second-order valence-corrected chi connectivity index (χ2v) is 5.28. The standard InChI is InChI=1S/C10H22N2O2S/c1-7(2)8(11)9(13)12-5-10(3,14)6-15-4/h7-8,14H,5-6,11H2,1-4H3,(H,12,13)/t8-,10?/m1/s1. The van der Waals surface area contributed by atoms with Crippen LogP contribution in [0.1, 0.15) is 20.8 Å². The van der Waals surface area contributed by atoms with Gasteiger partial charge in [-0.3, -0.25) is 4.79 Å². The number of nitrogens with two attached hydrogens (primary N) is 1. The molecule has 0 saturated carbocycles. The van der Waals surface area contributed by atoms with Gasteiger partial charge in [0.25, 0.3) is 0 Å². The smallest absolute Gasteiger partial charge is 0.237 e. The molecule has 0 aromatic carbocycles. The number of hydrogen-bond donors (Lipinski definition) is 3. The molecule has 0 aromatic heterocycles. The van der Waals surface area contributed by atoms with Crippen LogP contribution >= 0.6 is 11.8 Å². The molecule has 0 aliphatic rings. The first-order chi connectivity index (χ1) is 6.80. The van der Waals surface area contributed by atoms with Crippen molar-refractivity contribution in [2.45, 2.75) is 32.4 Å². The van der Waals surface area contributed by atoms with E-state index < -0.39 is 11.6 Å². The summed E-state index contributed by atoms with van der Waals surface area (Å²) in [6.07, 6.45) is 1.91. The molecule has 0 spiro atoms. The van der Waals surface area contributed by atoms with Gasteiger partial charge in [0, 0.05) is 12.3 Å². The highest BCUT2D eigenvalue weighted by Crippen LogP contribution is 2.09. The number of rotatable bonds is 6. The zero-order chi connectivity index (χ0) is 12.1. The number of carbonyl (C=O) groups excluding carboxylic acids is 1. The fourth-order valence-electron chi connectivity index (χ4n) is 1.06. The fraction of sp³-hybridized carbons (Fsp3) is 0.900. The number of thioether (sulfide) groups is 1. The topological polar surface area (TPSA) is 75.3 Å². The van der Waals surface area contributed by atoms with Crippen LogP contribution in [0.4, 0.5) is 0 Å². The Morgan fingerprint density at radius 2 is 2.13 bits per heavy atom. The minimum Gasteiger partial charge on any atom is -0.387 e. The van der Waals surface area contributed by atoms with Crippen LogP contribution in [0, 0.1) is 5.92 Å². The number of carbonyl (C=O) groups is 1. The van der Waals surface area contributed by atoms with E-state index in [0.29, 0.717) is 5.75 Å². The van der Waals surface area contributed by atoms with E-state index in [9.17, 15) is 9.90 Å². The summed E-state index contributed by atoms with van der Waals surface area (Å²) in [5.74, 6) is 0.492. The van der Waals surface area contributed by atoms with E-state index in [1.807, 2.05) is 20.1 Å². The molecule has 0 aromatic rings. The Kier molecular flexibility index (Phi) is 6.24. The molecule has 0 fully saturated rings. The summed E-state index contributed by atoms with van der Waals surface area (Å²) < 4.78 is 0. The third-order valence-electron chi connectivity index (χ3n) is 2.12. The molecule has 4 nitrogen and oxygen atoms in total. The molecule has 1 unspecified atom stereocenters. The highest BCUT2D eigenvalue weighted by Gasteiger charge is 2.23. The maximum absolute atomic E-state index is 11.5. The van der Waals surface area contributed by atoms with Crippen LogP contribution in [-0.4, -0.2) is 41.2 Å². The van der Waals surface area contributed by atoms with Crippen molar-refractivity contribution in [3.05, 3.63) is 0 Å². The van der Waals surface area contributed by atoms with Gasteiger partial charge in [0.2, 0.25) is 5.91 Å². The van der Waals surface area contributed by atoms with Gasteiger partial charge >= 0.3 is 0 Å². The van der Waals surface area contributed by atoms with Crippen molar-refractivity contribution in [1.29, 1.82) is 0 Å². The highest BCUT2D eigenvalue weighted by molar-refractivity contribution is 7.98. The maximum atomic E-state index is 11.5. The van der Waals surface area contributed by atoms with E-state index in [2.05, 4.69) is 5.32 Å². The van der Waals surface area contributed by atoms with Crippen LogP contribution in [0.15, 0.2) is 0 Å². The lowest BCUT2D eigenvalue weighted by molar-refractivity contribution is -0.124. The number of hydrogen-bond acceptors (Lipinski definition) is 4. The lowest BCUT2D eigenvalue weighted by atomic mass is 10.0. The molecule has 2 atom stereocenters. The van der Waals surface area contributed by atoms with Crippen molar-refractivity contribution >= 4 is 17.7 Å². The van der Waals surface area contributed by atoms with Gasteiger partial charge in [0.05, 0.1) is 11.6 Å². The van der Waals surface area contributed by atoms with Crippen LogP contribution < -0.4 is 11.1 Å². The SMILES string of the molecule is CSCC(C)(O)CNC(=O)[C@H](N)C(C)C. The third kappa shape index (κ3) is 6.02. The number of amides is 1. The van der Waals surface area contributed by atoms with E-state index in [-0.39, 0.29) is 18.4 Å². The molecule has 0 saturated heterocycles. The van der Waals surface area contributed by atoms with Crippen molar-refractivity contribution in [3.8, 4) is 0 Å². The molecule has 0 aliphatic heterocycles. The van der Waals surface area contributed by atoms with Gasteiger partial charge in [-0.1, -0.05) is 13.8 Å². The summed E-state index contributed by atoms with van der Waals surface area (Å²) in [6, 6.07) is -0.505. The summed E-state index contributed by atoms with van der Waals surface area (Å²) in [5.41, 5.74) is 4.80. The molecule has 4 N–H and O–H groups in total. The third-order valence-corrected chi connectivity index (χ3v) is 3.03. The quantitative estimate of drug-likeness (QED) is 0.614. The summed E-state index contributed by atoms with van der Waals surface area (Å²) in [7, 11) is 0. The number of aliphatic hydroxyl groups is 1. The van der Waals surface area contributed by atoms with Crippen LogP contribution in [0.5, 0.6) is 0 Å². The van der Waals surface area contributed by atoms with E-state index in [4.69, 9.17) is 5.73 Å². The molecule has 0 rings (SSSR count). The number of nitrogens with one attached hydrogen (secondary N) is 1. The molecule has 0 aliphatic carbocycles. The first-order valence-corrected chi connectivity index (χ1v) is 6.44. The Morgan fingerprint density at radius 1 is 1.60 bits per heavy atom. The predicted molar refractivity (Wildman–Crippen MR) is 64.8 cm³/mol. The average molecular weight is 234 g/mol. The predicted octanol–water partition coefficient (Wildman–Crippen LogP) is 0.200. The second kappa shape index (κ2) is 6.35. The molecule has 0 bridgehead atoms. The van der Waals surface area contributed by atoms with Crippen LogP contribution in [-0.2, 0) is 4.79 Å². The minimum absolute atomic E-state index is 0.107. The molecule has 15 heavy (non-hydrogen) atoms. The van der Waals surface area contributed by atoms with Gasteiger partial charge < -0.3 is 16.2 Å². The summed E-state index contributed by atoms with van der Waals surface area (Å²) in [6.45, 7) is 5.73. The van der Waals surface area contributed by atoms with Crippen molar-refractivity contribution in [1.82, 2.24) is 5.32 Å². The normalized spacial score (nSPS) is 17.3. The summed E-state index contributed by atoms with van der Waals surface area (Å²) in [4.78, 5) is 11.5. The lowest BCUT2D eigenvalue weighted by Gasteiger charge is -2.24. The Bertz CT molecular complexity index is 208. The van der Waals surface area contributed by atoms with Crippen LogP contribution in [0.2, 0.25) is 0 Å². The molecule has 1 amide bonds. The molecule has 5 heteroatoms. The van der Waals surface area contributed by atoms with Crippen LogP contribution in [0.3, 0.4) is 0 Å². The zero-order valence-corrected chi connectivity index (χ0v) is 10.7. The molecule has 90 valence electrons. The maximum Gasteiger partial charge on any atom is 0.237 e. The Labute approximate surface area is 96.0 Å². The van der Waals surface area contributed by atoms with Crippen molar-refractivity contribution in [3.63, 3.8) is 0 Å². The van der Waals surface area contributed by atoms with Crippen molar-refractivity contribution in [2.24, 2.45) is 11.7 Å². The zero-order valence-electron chi connectivity index (χ0n) is 9.91. The first-order valence-electron chi connectivity index (χ1n) is 5.05. The monoisotopic (exact) mass is 234 g/mol. The van der Waals surface area contributed by atoms with Crippen molar-refractivity contribution < 1.29 is 9.90 Å². The molecule has 0 heterocycles. The van der Waals surface area contributed by atoms with E-state index in [1.54, 1.807) is 18.7 Å². The van der Waals surface area contributed by atoms with Gasteiger partial charge in [-0.15, -0.1) is 0 Å². The van der Waals surface area contributed by atoms with Gasteiger partial charge in [-0.05, 0) is 19.1 Å². The fourth-order valence-corrected chi connectivity index (χ4v) is 1.78. The first kappa shape index (κ1) is 14.7. The van der Waals surface area contributed by atoms with E-state index >= 15 is 0 Å². The average Bonchev–Trinajstić information content (AvgIpc) is 2.13. The van der Waals surface area contributed by atoms with Gasteiger partial charge in [-0.2, -0.15) is 11.8 Å².